The maximum absolute atomic E-state index is 13.5. The number of benzene rings is 2. The number of hydrogen-bond donors (Lipinski definition) is 2. The number of carbonyl (C=O) groups excluding carboxylic acids is 3. The number of rotatable bonds is 4. The van der Waals surface area contributed by atoms with Crippen LogP contribution in [-0.2, 0) is 4.79 Å². The molecule has 0 radical (unpaired) electrons. The van der Waals surface area contributed by atoms with Crippen molar-refractivity contribution in [2.45, 2.75) is 37.1 Å². The van der Waals surface area contributed by atoms with Crippen molar-refractivity contribution >= 4 is 28.6 Å². The van der Waals surface area contributed by atoms with Gasteiger partial charge in [-0.1, -0.05) is 36.4 Å². The molecule has 0 bridgehead atoms. The number of nitrogens with zero attached hydrogens (tertiary/aromatic N) is 2. The van der Waals surface area contributed by atoms with Gasteiger partial charge < -0.3 is 5.32 Å². The van der Waals surface area contributed by atoms with E-state index in [4.69, 9.17) is 0 Å². The van der Waals surface area contributed by atoms with E-state index in [1.165, 1.54) is 0 Å². The van der Waals surface area contributed by atoms with Crippen LogP contribution in [0.2, 0.25) is 0 Å². The number of aromatic amines is 1. The summed E-state index contributed by atoms with van der Waals surface area (Å²) >= 11 is 0. The first-order chi connectivity index (χ1) is 15.3. The summed E-state index contributed by atoms with van der Waals surface area (Å²) in [6, 6.07) is 12.0. The van der Waals surface area contributed by atoms with Crippen LogP contribution < -0.4 is 5.32 Å². The second kappa shape index (κ2) is 7.22. The molecule has 1 saturated heterocycles. The molecule has 0 unspecified atom stereocenters. The van der Waals surface area contributed by atoms with Crippen molar-refractivity contribution in [3.63, 3.8) is 0 Å². The molecule has 1 aromatic heterocycles. The predicted molar refractivity (Wildman–Crippen MR) is 112 cm³/mol. The molecule has 1 spiro atoms. The monoisotopic (exact) mass is 438 g/mol. The number of aromatic nitrogens is 2. The molecule has 0 atom stereocenters. The summed E-state index contributed by atoms with van der Waals surface area (Å²) < 4.78 is 27.0. The number of carbonyl (C=O) groups is 3. The SMILES string of the molecule is O=C(CN1C(=O)NC2(CCC(F)(F)CC2)C1=O)c1ccc(-c2cccc3[nH]ncc23)cc1. The molecule has 2 aliphatic rings. The Morgan fingerprint density at radius 3 is 2.47 bits per heavy atom. The zero-order valence-corrected chi connectivity index (χ0v) is 17.0. The Labute approximate surface area is 181 Å². The minimum absolute atomic E-state index is 0.135. The van der Waals surface area contributed by atoms with Crippen molar-refractivity contribution in [3.8, 4) is 11.1 Å². The molecule has 7 nitrogen and oxygen atoms in total. The van der Waals surface area contributed by atoms with E-state index < -0.39 is 48.6 Å². The van der Waals surface area contributed by atoms with E-state index in [2.05, 4.69) is 15.5 Å². The summed E-state index contributed by atoms with van der Waals surface area (Å²) in [7, 11) is 0. The van der Waals surface area contributed by atoms with Gasteiger partial charge >= 0.3 is 6.03 Å². The molecule has 2 fully saturated rings. The molecule has 3 amide bonds. The first-order valence-corrected chi connectivity index (χ1v) is 10.4. The molecule has 1 aliphatic heterocycles. The molecule has 2 heterocycles. The average Bonchev–Trinajstić information content (AvgIpc) is 3.35. The summed E-state index contributed by atoms with van der Waals surface area (Å²) in [6.07, 6.45) is 0.530. The third-order valence-electron chi connectivity index (χ3n) is 6.39. The molecule has 5 rings (SSSR count). The first kappa shape index (κ1) is 20.3. The number of imide groups is 1. The number of fused-ring (bicyclic) bond motifs is 1. The molecule has 164 valence electrons. The van der Waals surface area contributed by atoms with Crippen LogP contribution in [0.5, 0.6) is 0 Å². The van der Waals surface area contributed by atoms with E-state index in [0.29, 0.717) is 5.56 Å². The number of ketones is 1. The maximum atomic E-state index is 13.5. The summed E-state index contributed by atoms with van der Waals surface area (Å²) in [5.41, 5.74) is 1.78. The number of alkyl halides is 2. The van der Waals surface area contributed by atoms with E-state index in [1.54, 1.807) is 30.5 Å². The normalized spacial score (nSPS) is 19.5. The van der Waals surface area contributed by atoms with Gasteiger partial charge in [0, 0.05) is 23.8 Å². The van der Waals surface area contributed by atoms with Gasteiger partial charge in [0.05, 0.1) is 18.3 Å². The summed E-state index contributed by atoms with van der Waals surface area (Å²) in [5, 5.41) is 10.5. The highest BCUT2D eigenvalue weighted by Crippen LogP contribution is 2.41. The van der Waals surface area contributed by atoms with Crippen LogP contribution in [0.25, 0.3) is 22.0 Å². The highest BCUT2D eigenvalue weighted by atomic mass is 19.3. The fourth-order valence-corrected chi connectivity index (χ4v) is 4.49. The summed E-state index contributed by atoms with van der Waals surface area (Å²) in [6.45, 7) is -0.431. The Hall–Kier alpha value is -3.62. The van der Waals surface area contributed by atoms with Crippen molar-refractivity contribution in [3.05, 3.63) is 54.2 Å². The van der Waals surface area contributed by atoms with E-state index in [0.717, 1.165) is 26.9 Å². The number of hydrogen-bond acceptors (Lipinski definition) is 4. The Bertz CT molecular complexity index is 1230. The number of Topliss-reactive ketones (excluding diaryl/α,β-unsaturated/α-hetero) is 1. The van der Waals surface area contributed by atoms with Crippen molar-refractivity contribution in [1.29, 1.82) is 0 Å². The topological polar surface area (TPSA) is 95.2 Å². The van der Waals surface area contributed by atoms with Crippen LogP contribution in [0, 0.1) is 0 Å². The molecular formula is C23H20F2N4O3. The predicted octanol–water partition coefficient (Wildman–Crippen LogP) is 3.91. The van der Waals surface area contributed by atoms with Gasteiger partial charge in [-0.25, -0.2) is 13.6 Å². The van der Waals surface area contributed by atoms with Crippen LogP contribution in [0.1, 0.15) is 36.0 Å². The van der Waals surface area contributed by atoms with Gasteiger partial charge in [0.2, 0.25) is 5.92 Å². The van der Waals surface area contributed by atoms with E-state index in [9.17, 15) is 23.2 Å². The molecule has 3 aromatic rings. The molecule has 2 aromatic carbocycles. The molecule has 1 saturated carbocycles. The van der Waals surface area contributed by atoms with Crippen molar-refractivity contribution in [2.24, 2.45) is 0 Å². The zero-order chi connectivity index (χ0) is 22.5. The summed E-state index contributed by atoms with van der Waals surface area (Å²) in [4.78, 5) is 38.8. The van der Waals surface area contributed by atoms with Gasteiger partial charge in [-0.15, -0.1) is 0 Å². The second-order valence-corrected chi connectivity index (χ2v) is 8.40. The lowest BCUT2D eigenvalue weighted by atomic mass is 9.80. The largest absolute Gasteiger partial charge is 0.325 e. The van der Waals surface area contributed by atoms with Crippen LogP contribution in [0.15, 0.2) is 48.7 Å². The van der Waals surface area contributed by atoms with E-state index in [1.807, 2.05) is 18.2 Å². The Balaban J connectivity index is 1.32. The van der Waals surface area contributed by atoms with Crippen LogP contribution in [0.4, 0.5) is 13.6 Å². The first-order valence-electron chi connectivity index (χ1n) is 10.4. The van der Waals surface area contributed by atoms with Gasteiger partial charge in [0.25, 0.3) is 5.91 Å². The van der Waals surface area contributed by atoms with Gasteiger partial charge in [0.1, 0.15) is 5.54 Å². The third-order valence-corrected chi connectivity index (χ3v) is 6.39. The van der Waals surface area contributed by atoms with Crippen LogP contribution in [0.3, 0.4) is 0 Å². The third kappa shape index (κ3) is 3.34. The number of H-pyrrole nitrogens is 1. The Morgan fingerprint density at radius 1 is 1.03 bits per heavy atom. The van der Waals surface area contributed by atoms with Crippen molar-refractivity contribution in [1.82, 2.24) is 20.4 Å². The van der Waals surface area contributed by atoms with Gasteiger partial charge in [-0.2, -0.15) is 5.10 Å². The minimum Gasteiger partial charge on any atom is -0.323 e. The minimum atomic E-state index is -2.83. The number of nitrogens with one attached hydrogen (secondary N) is 2. The molecule has 32 heavy (non-hydrogen) atoms. The standard InChI is InChI=1S/C23H20F2N4O3/c24-23(25)10-8-22(9-11-23)20(31)29(21(32)27-22)13-19(30)15-6-4-14(5-7-15)16-2-1-3-18-17(16)12-26-28-18/h1-7,12H,8-11,13H2,(H,26,28)(H,27,32). The van der Waals surface area contributed by atoms with Crippen molar-refractivity contribution < 1.29 is 23.2 Å². The fourth-order valence-electron chi connectivity index (χ4n) is 4.49. The molecule has 1 aliphatic carbocycles. The molecule has 2 N–H and O–H groups in total. The lowest BCUT2D eigenvalue weighted by Crippen LogP contribution is -2.51. The van der Waals surface area contributed by atoms with Crippen LogP contribution in [-0.4, -0.2) is 50.8 Å². The summed E-state index contributed by atoms with van der Waals surface area (Å²) in [5.74, 6) is -3.84. The highest BCUT2D eigenvalue weighted by Gasteiger charge is 2.55. The van der Waals surface area contributed by atoms with Crippen molar-refractivity contribution in [2.75, 3.05) is 6.54 Å². The lowest BCUT2D eigenvalue weighted by molar-refractivity contribution is -0.135. The van der Waals surface area contributed by atoms with Gasteiger partial charge in [-0.3, -0.25) is 19.6 Å². The second-order valence-electron chi connectivity index (χ2n) is 8.40. The Morgan fingerprint density at radius 2 is 1.75 bits per heavy atom. The maximum Gasteiger partial charge on any atom is 0.325 e. The van der Waals surface area contributed by atoms with Crippen LogP contribution >= 0.6 is 0 Å². The smallest absolute Gasteiger partial charge is 0.323 e. The molecule has 9 heteroatoms. The fraction of sp³-hybridized carbons (Fsp3) is 0.304. The van der Waals surface area contributed by atoms with Gasteiger partial charge in [0.15, 0.2) is 5.78 Å². The number of amides is 3. The number of urea groups is 1. The quantitative estimate of drug-likeness (QED) is 0.477. The highest BCUT2D eigenvalue weighted by molar-refractivity contribution is 6.11. The lowest BCUT2D eigenvalue weighted by Gasteiger charge is -2.34. The molecular weight excluding hydrogens is 418 g/mol. The average molecular weight is 438 g/mol. The van der Waals surface area contributed by atoms with Gasteiger partial charge in [-0.05, 0) is 30.0 Å². The Kier molecular flexibility index (Phi) is 4.58. The number of halogens is 2. The van der Waals surface area contributed by atoms with E-state index in [-0.39, 0.29) is 12.8 Å². The zero-order valence-electron chi connectivity index (χ0n) is 17.0. The van der Waals surface area contributed by atoms with E-state index >= 15 is 0 Å².